The topological polar surface area (TPSA) is 12.5 Å². The molecule has 3 heteroatoms. The van der Waals surface area contributed by atoms with E-state index in [-0.39, 0.29) is 0 Å². The van der Waals surface area contributed by atoms with Gasteiger partial charge in [-0.2, -0.15) is 0 Å². The Morgan fingerprint density at radius 2 is 1.59 bits per heavy atom. The van der Waals surface area contributed by atoms with Crippen molar-refractivity contribution in [3.8, 4) is 0 Å². The van der Waals surface area contributed by atoms with Crippen LogP contribution in [0.1, 0.15) is 44.9 Å². The molecule has 3 rings (SSSR count). The van der Waals surface area contributed by atoms with Gasteiger partial charge in [0, 0.05) is 30.3 Å². The largest absolute Gasteiger partial charge is 0.375 e. The summed E-state index contributed by atoms with van der Waals surface area (Å²) in [4.78, 5) is 3.99. The monoisotopic (exact) mass is 319 g/mol. The maximum Gasteiger partial charge on any atom is 0.0603 e. The Morgan fingerprint density at radius 3 is 2.32 bits per heavy atom. The smallest absolute Gasteiger partial charge is 0.0603 e. The van der Waals surface area contributed by atoms with E-state index in [1.165, 1.54) is 75.2 Å². The zero-order chi connectivity index (χ0) is 15.0. The van der Waals surface area contributed by atoms with E-state index in [0.717, 1.165) is 0 Å². The van der Waals surface area contributed by atoms with Gasteiger partial charge in [0.2, 0.25) is 0 Å². The first-order valence-corrected chi connectivity index (χ1v) is 9.94. The highest BCUT2D eigenvalue weighted by Crippen LogP contribution is 2.25. The van der Waals surface area contributed by atoms with Crippen LogP contribution in [0.2, 0.25) is 0 Å². The Bertz CT molecular complexity index is 411. The molecule has 1 aliphatic carbocycles. The van der Waals surface area contributed by atoms with E-state index in [1.54, 1.807) is 0 Å². The van der Waals surface area contributed by atoms with Crippen LogP contribution in [0.3, 0.4) is 0 Å². The van der Waals surface area contributed by atoms with Crippen molar-refractivity contribution in [2.45, 2.75) is 62.0 Å². The van der Waals surface area contributed by atoms with Gasteiger partial charge < -0.3 is 9.64 Å². The number of benzene rings is 1. The highest BCUT2D eigenvalue weighted by Gasteiger charge is 2.23. The lowest BCUT2D eigenvalue weighted by atomic mass is 9.97. The number of hydrogen-bond acceptors (Lipinski definition) is 3. The van der Waals surface area contributed by atoms with E-state index in [9.17, 15) is 0 Å². The maximum absolute atomic E-state index is 6.32. The fraction of sp³-hybridized carbons (Fsp3) is 0.684. The maximum atomic E-state index is 6.32. The van der Waals surface area contributed by atoms with Gasteiger partial charge in [0.15, 0.2) is 0 Å². The number of piperidine rings is 1. The molecule has 0 spiro atoms. The van der Waals surface area contributed by atoms with E-state index < -0.39 is 0 Å². The average molecular weight is 320 g/mol. The quantitative estimate of drug-likeness (QED) is 0.711. The molecule has 1 aromatic rings. The van der Waals surface area contributed by atoms with Gasteiger partial charge >= 0.3 is 0 Å². The third-order valence-corrected chi connectivity index (χ3v) is 5.88. The van der Waals surface area contributed by atoms with Crippen LogP contribution >= 0.6 is 11.8 Å². The molecule has 22 heavy (non-hydrogen) atoms. The van der Waals surface area contributed by atoms with E-state index in [1.807, 2.05) is 11.8 Å². The Labute approximate surface area is 139 Å². The SMILES string of the molecule is c1ccc(SCCN2CCC(OC3CCCCC3)CC2)cc1. The number of likely N-dealkylation sites (tertiary alicyclic amines) is 1. The van der Waals surface area contributed by atoms with Crippen LogP contribution in [0.4, 0.5) is 0 Å². The molecule has 0 radical (unpaired) electrons. The van der Waals surface area contributed by atoms with Crippen LogP contribution in [-0.4, -0.2) is 42.5 Å². The van der Waals surface area contributed by atoms with Crippen molar-refractivity contribution in [1.82, 2.24) is 4.90 Å². The summed E-state index contributed by atoms with van der Waals surface area (Å²) in [6.45, 7) is 3.63. The Hall–Kier alpha value is -0.510. The van der Waals surface area contributed by atoms with Crippen molar-refractivity contribution >= 4 is 11.8 Å². The van der Waals surface area contributed by atoms with Gasteiger partial charge in [0.1, 0.15) is 0 Å². The van der Waals surface area contributed by atoms with E-state index in [2.05, 4.69) is 35.2 Å². The molecule has 0 atom stereocenters. The highest BCUT2D eigenvalue weighted by molar-refractivity contribution is 7.99. The molecule has 0 N–H and O–H groups in total. The Balaban J connectivity index is 1.30. The number of nitrogens with zero attached hydrogens (tertiary/aromatic N) is 1. The first-order valence-electron chi connectivity index (χ1n) is 8.96. The third-order valence-electron chi connectivity index (χ3n) is 4.89. The molecule has 122 valence electrons. The standard InChI is InChI=1S/C19H29NOS/c1-3-7-17(8-4-1)21-18-11-13-20(14-12-18)15-16-22-19-9-5-2-6-10-19/h2,5-6,9-10,17-18H,1,3-4,7-8,11-16H2. The molecule has 0 unspecified atom stereocenters. The van der Waals surface area contributed by atoms with Gasteiger partial charge in [-0.1, -0.05) is 37.5 Å². The lowest BCUT2D eigenvalue weighted by Crippen LogP contribution is -2.39. The second kappa shape index (κ2) is 8.95. The predicted molar refractivity (Wildman–Crippen MR) is 94.6 cm³/mol. The van der Waals surface area contributed by atoms with Crippen LogP contribution in [-0.2, 0) is 4.74 Å². The fourth-order valence-corrected chi connectivity index (χ4v) is 4.49. The summed E-state index contributed by atoms with van der Waals surface area (Å²) in [5.41, 5.74) is 0. The van der Waals surface area contributed by atoms with E-state index in [4.69, 9.17) is 4.74 Å². The minimum absolute atomic E-state index is 0.529. The minimum Gasteiger partial charge on any atom is -0.375 e. The second-order valence-electron chi connectivity index (χ2n) is 6.60. The predicted octanol–water partition coefficient (Wildman–Crippen LogP) is 4.59. The molecule has 1 saturated heterocycles. The second-order valence-corrected chi connectivity index (χ2v) is 7.77. The molecule has 1 aromatic carbocycles. The molecule has 2 aliphatic rings. The molecule has 2 fully saturated rings. The molecule has 2 nitrogen and oxygen atoms in total. The number of rotatable bonds is 6. The molecule has 1 saturated carbocycles. The first-order chi connectivity index (χ1) is 10.9. The van der Waals surface area contributed by atoms with Crippen molar-refractivity contribution < 1.29 is 4.74 Å². The van der Waals surface area contributed by atoms with Crippen LogP contribution in [0.25, 0.3) is 0 Å². The normalized spacial score (nSPS) is 22.0. The zero-order valence-electron chi connectivity index (χ0n) is 13.6. The summed E-state index contributed by atoms with van der Waals surface area (Å²) < 4.78 is 6.32. The molecular formula is C19H29NOS. The van der Waals surface area contributed by atoms with Gasteiger partial charge in [0.05, 0.1) is 12.2 Å². The van der Waals surface area contributed by atoms with Gasteiger partial charge in [-0.25, -0.2) is 0 Å². The zero-order valence-corrected chi connectivity index (χ0v) is 14.4. The molecular weight excluding hydrogens is 290 g/mol. The van der Waals surface area contributed by atoms with Crippen LogP contribution in [0.15, 0.2) is 35.2 Å². The van der Waals surface area contributed by atoms with Crippen molar-refractivity contribution in [3.63, 3.8) is 0 Å². The number of thioether (sulfide) groups is 1. The Kier molecular flexibility index (Phi) is 6.65. The van der Waals surface area contributed by atoms with Crippen molar-refractivity contribution in [2.75, 3.05) is 25.4 Å². The van der Waals surface area contributed by atoms with Crippen molar-refractivity contribution in [1.29, 1.82) is 0 Å². The number of hydrogen-bond donors (Lipinski definition) is 0. The summed E-state index contributed by atoms with van der Waals surface area (Å²) in [6.07, 6.45) is 10.3. The van der Waals surface area contributed by atoms with E-state index >= 15 is 0 Å². The Morgan fingerprint density at radius 1 is 0.909 bits per heavy atom. The third kappa shape index (κ3) is 5.29. The molecule has 1 aliphatic heterocycles. The van der Waals surface area contributed by atoms with Gasteiger partial charge in [0.25, 0.3) is 0 Å². The lowest BCUT2D eigenvalue weighted by molar-refractivity contribution is -0.0551. The van der Waals surface area contributed by atoms with Crippen LogP contribution in [0, 0.1) is 0 Å². The number of ether oxygens (including phenoxy) is 1. The lowest BCUT2D eigenvalue weighted by Gasteiger charge is -2.34. The summed E-state index contributed by atoms with van der Waals surface area (Å²) in [5.74, 6) is 1.19. The molecule has 1 heterocycles. The molecule has 0 amide bonds. The summed E-state index contributed by atoms with van der Waals surface area (Å²) in [7, 11) is 0. The minimum atomic E-state index is 0.529. The highest BCUT2D eigenvalue weighted by atomic mass is 32.2. The van der Waals surface area contributed by atoms with Gasteiger partial charge in [-0.15, -0.1) is 11.8 Å². The average Bonchev–Trinajstić information content (AvgIpc) is 2.58. The molecule has 0 aromatic heterocycles. The van der Waals surface area contributed by atoms with Crippen LogP contribution < -0.4 is 0 Å². The fourth-order valence-electron chi connectivity index (χ4n) is 3.55. The van der Waals surface area contributed by atoms with Crippen LogP contribution in [0.5, 0.6) is 0 Å². The summed E-state index contributed by atoms with van der Waals surface area (Å²) in [5, 5.41) is 0. The van der Waals surface area contributed by atoms with Gasteiger partial charge in [-0.05, 0) is 37.8 Å². The van der Waals surface area contributed by atoms with Gasteiger partial charge in [-0.3, -0.25) is 0 Å². The summed E-state index contributed by atoms with van der Waals surface area (Å²) >= 11 is 1.97. The van der Waals surface area contributed by atoms with Crippen molar-refractivity contribution in [3.05, 3.63) is 30.3 Å². The molecule has 0 bridgehead atoms. The van der Waals surface area contributed by atoms with E-state index in [0.29, 0.717) is 12.2 Å². The van der Waals surface area contributed by atoms with Crippen molar-refractivity contribution in [2.24, 2.45) is 0 Å². The summed E-state index contributed by atoms with van der Waals surface area (Å²) in [6, 6.07) is 10.7. The first kappa shape index (κ1) is 16.4.